The number of hydrogen-bond acceptors (Lipinski definition) is 6. The minimum absolute atomic E-state index is 0.604. The van der Waals surface area contributed by atoms with E-state index in [2.05, 4.69) is 228 Å². The van der Waals surface area contributed by atoms with E-state index in [0.717, 1.165) is 57.1 Å². The van der Waals surface area contributed by atoms with Crippen molar-refractivity contribution in [3.05, 3.63) is 218 Å². The summed E-state index contributed by atoms with van der Waals surface area (Å²) in [7, 11) is 0. The monoisotopic (exact) mass is 988 g/mol. The molecule has 0 N–H and O–H groups in total. The van der Waals surface area contributed by atoms with Gasteiger partial charge < -0.3 is 28.7 Å². The van der Waals surface area contributed by atoms with Gasteiger partial charge in [-0.15, -0.1) is 0 Å². The molecule has 0 fully saturated rings. The zero-order valence-corrected chi connectivity index (χ0v) is 43.1. The van der Waals surface area contributed by atoms with Crippen LogP contribution in [-0.4, -0.2) is 26.4 Å². The van der Waals surface area contributed by atoms with Gasteiger partial charge in [-0.25, -0.2) is 0 Å². The summed E-state index contributed by atoms with van der Waals surface area (Å²) in [6, 6.07) is 79.1. The number of rotatable bonds is 16. The van der Waals surface area contributed by atoms with Crippen LogP contribution in [-0.2, 0) is 0 Å². The maximum atomic E-state index is 5.94. The lowest BCUT2D eigenvalue weighted by molar-refractivity contribution is 0.340. The molecular weight excluding hydrogens is 933 g/mol. The molecule has 0 spiro atoms. The summed E-state index contributed by atoms with van der Waals surface area (Å²) in [4.78, 5) is 4.73. The van der Waals surface area contributed by atoms with Crippen LogP contribution in [0.3, 0.4) is 0 Å². The van der Waals surface area contributed by atoms with Gasteiger partial charge >= 0.3 is 0 Å². The quantitative estimate of drug-likeness (QED) is 0.0961. The zero-order valence-electron chi connectivity index (χ0n) is 43.1. The fourth-order valence-corrected chi connectivity index (χ4v) is 11.9. The van der Waals surface area contributed by atoms with Crippen molar-refractivity contribution in [2.24, 2.45) is 0 Å². The Morgan fingerprint density at radius 2 is 0.526 bits per heavy atom. The molecule has 0 aliphatic heterocycles. The number of nitrogens with zero attached hydrogens (tertiary/aromatic N) is 2. The Balaban J connectivity index is 1.13. The van der Waals surface area contributed by atoms with E-state index in [4.69, 9.17) is 18.9 Å². The maximum Gasteiger partial charge on any atom is 0.119 e. The van der Waals surface area contributed by atoms with E-state index >= 15 is 0 Å². The molecule has 0 heterocycles. The first-order chi connectivity index (χ1) is 37.6. The fourth-order valence-electron chi connectivity index (χ4n) is 11.9. The first-order valence-corrected chi connectivity index (χ1v) is 26.6. The second kappa shape index (κ2) is 19.5. The maximum absolute atomic E-state index is 5.94. The first-order valence-electron chi connectivity index (χ1n) is 26.6. The summed E-state index contributed by atoms with van der Waals surface area (Å²) in [5.41, 5.74) is 11.1. The average Bonchev–Trinajstić information content (AvgIpc) is 3.99. The van der Waals surface area contributed by atoms with Gasteiger partial charge in [-0.05, 0) is 213 Å². The second-order valence-corrected chi connectivity index (χ2v) is 19.1. The highest BCUT2D eigenvalue weighted by Gasteiger charge is 2.30. The molecule has 370 valence electrons. The van der Waals surface area contributed by atoms with Gasteiger partial charge in [-0.3, -0.25) is 0 Å². The molecule has 0 saturated carbocycles. The Hall–Kier alpha value is -9.26. The predicted octanol–water partition coefficient (Wildman–Crippen LogP) is 19.3. The molecule has 0 aromatic heterocycles. The molecule has 0 atom stereocenters. The molecule has 0 bridgehead atoms. The van der Waals surface area contributed by atoms with Crippen molar-refractivity contribution in [3.63, 3.8) is 0 Å². The van der Waals surface area contributed by atoms with E-state index < -0.39 is 0 Å². The van der Waals surface area contributed by atoms with Crippen molar-refractivity contribution in [3.8, 4) is 45.3 Å². The number of benzene rings is 11. The Morgan fingerprint density at radius 3 is 0.816 bits per heavy atom. The molecule has 0 amide bonds. The lowest BCUT2D eigenvalue weighted by Crippen LogP contribution is -2.10. The summed E-state index contributed by atoms with van der Waals surface area (Å²) in [6.45, 7) is 10.5. The Kier molecular flexibility index (Phi) is 12.0. The van der Waals surface area contributed by atoms with Crippen LogP contribution in [0.2, 0.25) is 0 Å². The summed E-state index contributed by atoms with van der Waals surface area (Å²) in [6.07, 6.45) is 0. The van der Waals surface area contributed by atoms with E-state index in [0.29, 0.717) is 26.4 Å². The first kappa shape index (κ1) is 46.5. The molecule has 0 aliphatic carbocycles. The van der Waals surface area contributed by atoms with Crippen LogP contribution in [0, 0.1) is 0 Å². The minimum atomic E-state index is 0.604. The van der Waals surface area contributed by atoms with Crippen LogP contribution in [0.15, 0.2) is 218 Å². The molecular formula is C70H56N2O4. The summed E-state index contributed by atoms with van der Waals surface area (Å²) in [5.74, 6) is 3.37. The van der Waals surface area contributed by atoms with Gasteiger partial charge in [0.1, 0.15) is 23.0 Å². The van der Waals surface area contributed by atoms with Crippen molar-refractivity contribution in [1.82, 2.24) is 0 Å². The third kappa shape index (κ3) is 7.71. The van der Waals surface area contributed by atoms with Crippen LogP contribution in [0.5, 0.6) is 23.0 Å². The van der Waals surface area contributed by atoms with Gasteiger partial charge in [0.05, 0.1) is 37.8 Å². The SMILES string of the molecule is CCOc1ccc(N(c2ccc(OCC)cc2)c2ccc3c4c(-c5ccccc5)c5c6cccc7c(N(c8ccc(OCC)cc8)c8ccc(OCC)cc8)ccc(c5c(-c5ccccc5)c4c4cccc2c43)c76)cc1. The van der Waals surface area contributed by atoms with Crippen molar-refractivity contribution >= 4 is 98.8 Å². The molecule has 13 rings (SSSR count). The standard InChI is InChI=1S/C70H56N2O4/c1-5-73-51-33-25-47(26-34-51)71(48-27-35-52(36-28-48)74-6-2)61-43-41-59-65-55(61)21-15-23-57(65)67-63(45-17-11-9-12-18-45)70-60-42-44-62(56-22-16-24-58(66(56)60)68(70)64(69(59)67)46-19-13-10-14-20-46)72(49-29-37-53(38-30-49)75-7-3)50-31-39-54(40-32-50)76-8-4/h9-44H,5-8H2,1-4H3. The Bertz CT molecular complexity index is 3750. The Labute approximate surface area is 443 Å². The second-order valence-electron chi connectivity index (χ2n) is 19.1. The fraction of sp³-hybridized carbons (Fsp3) is 0.114. The van der Waals surface area contributed by atoms with Crippen LogP contribution >= 0.6 is 0 Å². The van der Waals surface area contributed by atoms with Crippen molar-refractivity contribution in [2.45, 2.75) is 27.7 Å². The van der Waals surface area contributed by atoms with E-state index in [1.807, 2.05) is 27.7 Å². The molecule has 0 saturated heterocycles. The molecule has 6 nitrogen and oxygen atoms in total. The van der Waals surface area contributed by atoms with Gasteiger partial charge in [-0.2, -0.15) is 0 Å². The molecule has 6 heteroatoms. The molecule has 13 aromatic rings. The van der Waals surface area contributed by atoms with E-state index in [1.165, 1.54) is 86.9 Å². The summed E-state index contributed by atoms with van der Waals surface area (Å²) >= 11 is 0. The van der Waals surface area contributed by atoms with Crippen molar-refractivity contribution < 1.29 is 18.9 Å². The highest BCUT2D eigenvalue weighted by Crippen LogP contribution is 2.58. The summed E-state index contributed by atoms with van der Waals surface area (Å²) < 4.78 is 23.8. The van der Waals surface area contributed by atoms with Crippen LogP contribution in [0.4, 0.5) is 34.1 Å². The molecule has 76 heavy (non-hydrogen) atoms. The van der Waals surface area contributed by atoms with E-state index in [-0.39, 0.29) is 0 Å². The highest BCUT2D eigenvalue weighted by molar-refractivity contribution is 6.47. The van der Waals surface area contributed by atoms with Gasteiger partial charge in [-0.1, -0.05) is 109 Å². The molecule has 0 aliphatic rings. The topological polar surface area (TPSA) is 43.4 Å². The van der Waals surface area contributed by atoms with Crippen molar-refractivity contribution in [2.75, 3.05) is 36.2 Å². The normalized spacial score (nSPS) is 11.6. The minimum Gasteiger partial charge on any atom is -0.494 e. The highest BCUT2D eigenvalue weighted by atomic mass is 16.5. The predicted molar refractivity (Wildman–Crippen MR) is 319 cm³/mol. The third-order valence-corrected chi connectivity index (χ3v) is 14.8. The largest absolute Gasteiger partial charge is 0.494 e. The number of anilines is 6. The van der Waals surface area contributed by atoms with Gasteiger partial charge in [0.2, 0.25) is 0 Å². The van der Waals surface area contributed by atoms with E-state index in [1.54, 1.807) is 0 Å². The van der Waals surface area contributed by atoms with Crippen molar-refractivity contribution in [1.29, 1.82) is 0 Å². The van der Waals surface area contributed by atoms with Crippen LogP contribution in [0.25, 0.3) is 86.9 Å². The summed E-state index contributed by atoms with van der Waals surface area (Å²) in [5, 5.41) is 14.7. The van der Waals surface area contributed by atoms with Crippen LogP contribution < -0.4 is 28.7 Å². The molecule has 0 radical (unpaired) electrons. The number of fused-ring (bicyclic) bond motifs is 6. The average molecular weight is 989 g/mol. The number of hydrogen-bond donors (Lipinski definition) is 0. The number of ether oxygens (including phenoxy) is 4. The van der Waals surface area contributed by atoms with E-state index in [9.17, 15) is 0 Å². The van der Waals surface area contributed by atoms with Gasteiger partial charge in [0.25, 0.3) is 0 Å². The molecule has 0 unspecified atom stereocenters. The van der Waals surface area contributed by atoms with Gasteiger partial charge in [0.15, 0.2) is 0 Å². The lowest BCUT2D eigenvalue weighted by Gasteiger charge is -2.27. The Morgan fingerprint density at radius 1 is 0.250 bits per heavy atom. The third-order valence-electron chi connectivity index (χ3n) is 14.8. The van der Waals surface area contributed by atoms with Crippen LogP contribution in [0.1, 0.15) is 27.7 Å². The molecule has 13 aromatic carbocycles. The zero-order chi connectivity index (χ0) is 51.3. The van der Waals surface area contributed by atoms with Gasteiger partial charge in [0, 0.05) is 33.5 Å². The smallest absolute Gasteiger partial charge is 0.119 e. The lowest BCUT2D eigenvalue weighted by atomic mass is 9.87.